The molecule has 1 heterocycles. The van der Waals surface area contributed by atoms with Gasteiger partial charge in [-0.1, -0.05) is 18.9 Å². The Kier molecular flexibility index (Phi) is 4.45. The van der Waals surface area contributed by atoms with Crippen molar-refractivity contribution in [3.63, 3.8) is 0 Å². The molecule has 3 amide bonds. The van der Waals surface area contributed by atoms with E-state index in [9.17, 15) is 9.59 Å². The second-order valence-corrected chi connectivity index (χ2v) is 5.71. The second kappa shape index (κ2) is 6.11. The van der Waals surface area contributed by atoms with Gasteiger partial charge < -0.3 is 16.4 Å². The zero-order chi connectivity index (χ0) is 15.5. The highest BCUT2D eigenvalue weighted by Crippen LogP contribution is 2.29. The van der Waals surface area contributed by atoms with Crippen LogP contribution in [0.25, 0.3) is 0 Å². The summed E-state index contributed by atoms with van der Waals surface area (Å²) in [7, 11) is 0. The number of nitrogens with two attached hydrogens (primary N) is 1. The van der Waals surface area contributed by atoms with Gasteiger partial charge in [0.25, 0.3) is 0 Å². The van der Waals surface area contributed by atoms with E-state index in [0.717, 1.165) is 24.1 Å². The standard InChI is InChI=1S/C15H22N4O2/c1-10-5-6-12(9-17-10)11(2)18-14(21)19-15(13(16)20)7-3-4-8-15/h5-6,9,11H,3-4,7-8H2,1-2H3,(H2,16,20)(H2,18,19,21). The molecule has 0 saturated heterocycles. The topological polar surface area (TPSA) is 97.1 Å². The van der Waals surface area contributed by atoms with Crippen molar-refractivity contribution in [2.45, 2.75) is 51.1 Å². The monoisotopic (exact) mass is 290 g/mol. The normalized spacial score (nSPS) is 18.0. The number of carbonyl (C=O) groups excluding carboxylic acids is 2. The van der Waals surface area contributed by atoms with Gasteiger partial charge in [0.1, 0.15) is 5.54 Å². The molecule has 1 aliphatic rings. The van der Waals surface area contributed by atoms with Gasteiger partial charge in [-0.25, -0.2) is 4.79 Å². The molecule has 0 aromatic carbocycles. The van der Waals surface area contributed by atoms with E-state index < -0.39 is 11.4 Å². The number of primary amides is 1. The SMILES string of the molecule is Cc1ccc(C(C)NC(=O)NC2(C(N)=O)CCCC2)cn1. The summed E-state index contributed by atoms with van der Waals surface area (Å²) < 4.78 is 0. The summed E-state index contributed by atoms with van der Waals surface area (Å²) in [5.74, 6) is -0.459. The number of hydrogen-bond donors (Lipinski definition) is 3. The average molecular weight is 290 g/mol. The number of hydrogen-bond acceptors (Lipinski definition) is 3. The van der Waals surface area contributed by atoms with Gasteiger partial charge in [0.15, 0.2) is 0 Å². The molecule has 114 valence electrons. The van der Waals surface area contributed by atoms with E-state index in [1.165, 1.54) is 0 Å². The number of pyridine rings is 1. The number of urea groups is 1. The highest BCUT2D eigenvalue weighted by atomic mass is 16.2. The van der Waals surface area contributed by atoms with Crippen molar-refractivity contribution in [3.05, 3.63) is 29.6 Å². The lowest BCUT2D eigenvalue weighted by molar-refractivity contribution is -0.123. The number of rotatable bonds is 4. The molecule has 2 rings (SSSR count). The summed E-state index contributed by atoms with van der Waals surface area (Å²) in [6, 6.07) is 3.26. The summed E-state index contributed by atoms with van der Waals surface area (Å²) >= 11 is 0. The Balaban J connectivity index is 1.97. The van der Waals surface area contributed by atoms with E-state index in [2.05, 4.69) is 15.6 Å². The molecule has 0 aliphatic heterocycles. The third-order valence-electron chi connectivity index (χ3n) is 4.06. The minimum Gasteiger partial charge on any atom is -0.368 e. The Bertz CT molecular complexity index is 521. The molecule has 1 atom stereocenters. The van der Waals surface area contributed by atoms with Crippen LogP contribution in [-0.2, 0) is 4.79 Å². The molecule has 1 aliphatic carbocycles. The highest BCUT2D eigenvalue weighted by Gasteiger charge is 2.41. The molecule has 1 saturated carbocycles. The van der Waals surface area contributed by atoms with Gasteiger partial charge in [0.05, 0.1) is 6.04 Å². The van der Waals surface area contributed by atoms with E-state index in [0.29, 0.717) is 12.8 Å². The third-order valence-corrected chi connectivity index (χ3v) is 4.06. The number of nitrogens with one attached hydrogen (secondary N) is 2. The first-order valence-electron chi connectivity index (χ1n) is 7.24. The van der Waals surface area contributed by atoms with E-state index in [-0.39, 0.29) is 12.1 Å². The summed E-state index contributed by atoms with van der Waals surface area (Å²) in [5.41, 5.74) is 6.39. The molecular formula is C15H22N4O2. The quantitative estimate of drug-likeness (QED) is 0.784. The van der Waals surface area contributed by atoms with E-state index in [1.54, 1.807) is 6.20 Å². The summed E-state index contributed by atoms with van der Waals surface area (Å²) in [4.78, 5) is 27.9. The highest BCUT2D eigenvalue weighted by molar-refractivity contribution is 5.90. The number of carbonyl (C=O) groups is 2. The van der Waals surface area contributed by atoms with Crippen molar-refractivity contribution in [3.8, 4) is 0 Å². The van der Waals surface area contributed by atoms with Gasteiger partial charge in [-0.3, -0.25) is 9.78 Å². The second-order valence-electron chi connectivity index (χ2n) is 5.71. The van der Waals surface area contributed by atoms with Crippen molar-refractivity contribution in [2.24, 2.45) is 5.73 Å². The minimum absolute atomic E-state index is 0.190. The largest absolute Gasteiger partial charge is 0.368 e. The molecule has 21 heavy (non-hydrogen) atoms. The first-order valence-corrected chi connectivity index (χ1v) is 7.24. The maximum Gasteiger partial charge on any atom is 0.316 e. The predicted octanol–water partition coefficient (Wildman–Crippen LogP) is 1.55. The van der Waals surface area contributed by atoms with Crippen LogP contribution in [-0.4, -0.2) is 22.5 Å². The lowest BCUT2D eigenvalue weighted by atomic mass is 9.97. The Morgan fingerprint density at radius 2 is 2.00 bits per heavy atom. The minimum atomic E-state index is -0.894. The average Bonchev–Trinajstić information content (AvgIpc) is 2.89. The van der Waals surface area contributed by atoms with Crippen molar-refractivity contribution >= 4 is 11.9 Å². The van der Waals surface area contributed by atoms with Crippen LogP contribution in [0.2, 0.25) is 0 Å². The Labute approximate surface area is 124 Å². The number of nitrogens with zero attached hydrogens (tertiary/aromatic N) is 1. The molecule has 0 spiro atoms. The zero-order valence-corrected chi connectivity index (χ0v) is 12.5. The molecule has 0 bridgehead atoms. The van der Waals surface area contributed by atoms with Gasteiger partial charge in [-0.2, -0.15) is 0 Å². The van der Waals surface area contributed by atoms with Crippen molar-refractivity contribution in [1.82, 2.24) is 15.6 Å². The summed E-state index contributed by atoms with van der Waals surface area (Å²) in [6.07, 6.45) is 4.76. The van der Waals surface area contributed by atoms with Crippen LogP contribution < -0.4 is 16.4 Å². The van der Waals surface area contributed by atoms with Gasteiger partial charge in [-0.05, 0) is 38.3 Å². The molecule has 1 unspecified atom stereocenters. The zero-order valence-electron chi connectivity index (χ0n) is 12.5. The van der Waals surface area contributed by atoms with E-state index in [4.69, 9.17) is 5.73 Å². The molecule has 1 aromatic heterocycles. The first kappa shape index (κ1) is 15.3. The predicted molar refractivity (Wildman–Crippen MR) is 79.4 cm³/mol. The maximum absolute atomic E-state index is 12.1. The van der Waals surface area contributed by atoms with Crippen LogP contribution in [0.5, 0.6) is 0 Å². The van der Waals surface area contributed by atoms with Gasteiger partial charge in [-0.15, -0.1) is 0 Å². The lowest BCUT2D eigenvalue weighted by Gasteiger charge is -2.27. The fourth-order valence-electron chi connectivity index (χ4n) is 2.68. The first-order chi connectivity index (χ1) is 9.93. The van der Waals surface area contributed by atoms with Gasteiger partial charge in [0.2, 0.25) is 5.91 Å². The van der Waals surface area contributed by atoms with Crippen LogP contribution in [0.4, 0.5) is 4.79 Å². The fraction of sp³-hybridized carbons (Fsp3) is 0.533. The molecule has 1 aromatic rings. The molecule has 6 heteroatoms. The van der Waals surface area contributed by atoms with Crippen molar-refractivity contribution in [1.29, 1.82) is 0 Å². The molecule has 0 radical (unpaired) electrons. The number of amides is 3. The van der Waals surface area contributed by atoms with Crippen LogP contribution in [0.3, 0.4) is 0 Å². The van der Waals surface area contributed by atoms with Crippen molar-refractivity contribution in [2.75, 3.05) is 0 Å². The van der Waals surface area contributed by atoms with E-state index in [1.807, 2.05) is 26.0 Å². The number of aryl methyl sites for hydroxylation is 1. The van der Waals surface area contributed by atoms with E-state index >= 15 is 0 Å². The Hall–Kier alpha value is -2.11. The smallest absolute Gasteiger partial charge is 0.316 e. The van der Waals surface area contributed by atoms with Gasteiger partial charge >= 0.3 is 6.03 Å². The molecule has 4 N–H and O–H groups in total. The Morgan fingerprint density at radius 1 is 1.33 bits per heavy atom. The van der Waals surface area contributed by atoms with Crippen LogP contribution in [0.1, 0.15) is 49.9 Å². The van der Waals surface area contributed by atoms with Crippen LogP contribution in [0.15, 0.2) is 18.3 Å². The maximum atomic E-state index is 12.1. The van der Waals surface area contributed by atoms with Crippen LogP contribution in [0, 0.1) is 6.92 Å². The fourth-order valence-corrected chi connectivity index (χ4v) is 2.68. The van der Waals surface area contributed by atoms with Gasteiger partial charge in [0, 0.05) is 11.9 Å². The molecule has 1 fully saturated rings. The Morgan fingerprint density at radius 3 is 2.52 bits per heavy atom. The van der Waals surface area contributed by atoms with Crippen molar-refractivity contribution < 1.29 is 9.59 Å². The number of aromatic nitrogens is 1. The molecule has 6 nitrogen and oxygen atoms in total. The summed E-state index contributed by atoms with van der Waals surface area (Å²) in [5, 5.41) is 5.58. The summed E-state index contributed by atoms with van der Waals surface area (Å²) in [6.45, 7) is 3.78. The third kappa shape index (κ3) is 3.51. The molecular weight excluding hydrogens is 268 g/mol. The van der Waals surface area contributed by atoms with Crippen LogP contribution >= 0.6 is 0 Å². The lowest BCUT2D eigenvalue weighted by Crippen LogP contribution is -2.58.